The quantitative estimate of drug-likeness (QED) is 0.866. The summed E-state index contributed by atoms with van der Waals surface area (Å²) in [4.78, 5) is 16.1. The lowest BCUT2D eigenvalue weighted by molar-refractivity contribution is 0.103. The van der Waals surface area contributed by atoms with Crippen LogP contribution in [0.3, 0.4) is 0 Å². The van der Waals surface area contributed by atoms with Crippen LogP contribution in [0.5, 0.6) is 5.75 Å². The lowest BCUT2D eigenvalue weighted by Crippen LogP contribution is -2.07. The number of rotatable bonds is 2. The summed E-state index contributed by atoms with van der Waals surface area (Å²) in [6.45, 7) is 0. The fourth-order valence-electron chi connectivity index (χ4n) is 1.49. The minimum absolute atomic E-state index is 0.0356. The Bertz CT molecular complexity index is 662. The molecule has 1 aromatic heterocycles. The van der Waals surface area contributed by atoms with Gasteiger partial charge in [-0.3, -0.25) is 9.78 Å². The third-order valence-corrected chi connectivity index (χ3v) is 2.84. The second kappa shape index (κ2) is 4.98. The fraction of sp³-hybridized carbons (Fsp3) is 0. The molecule has 0 radical (unpaired) electrons. The third-order valence-electron chi connectivity index (χ3n) is 2.35. The molecule has 0 aliphatic heterocycles. The summed E-state index contributed by atoms with van der Waals surface area (Å²) in [6, 6.07) is 9.52. The molecule has 1 heterocycles. The van der Waals surface area contributed by atoms with Gasteiger partial charge in [0.25, 0.3) is 0 Å². The highest BCUT2D eigenvalue weighted by Crippen LogP contribution is 2.24. The molecule has 88 valence electrons. The number of pyridine rings is 1. The molecule has 1 aromatic carbocycles. The van der Waals surface area contributed by atoms with Gasteiger partial charge in [-0.1, -0.05) is 15.9 Å². The highest BCUT2D eigenvalue weighted by atomic mass is 79.9. The predicted molar refractivity (Wildman–Crippen MR) is 68.2 cm³/mol. The molecule has 5 heteroatoms. The first-order valence-corrected chi connectivity index (χ1v) is 5.81. The van der Waals surface area contributed by atoms with Crippen LogP contribution in [0.4, 0.5) is 0 Å². The van der Waals surface area contributed by atoms with Crippen LogP contribution in [-0.2, 0) is 0 Å². The van der Waals surface area contributed by atoms with Crippen LogP contribution < -0.4 is 0 Å². The van der Waals surface area contributed by atoms with Gasteiger partial charge in [0.2, 0.25) is 5.78 Å². The van der Waals surface area contributed by atoms with Crippen molar-refractivity contribution in [2.75, 3.05) is 0 Å². The third kappa shape index (κ3) is 2.24. The molecule has 0 amide bonds. The van der Waals surface area contributed by atoms with E-state index < -0.39 is 5.78 Å². The van der Waals surface area contributed by atoms with E-state index in [1.54, 1.807) is 12.1 Å². The Balaban J connectivity index is 2.55. The number of carbonyl (C=O) groups is 1. The number of halogens is 1. The summed E-state index contributed by atoms with van der Waals surface area (Å²) in [5, 5.41) is 18.6. The monoisotopic (exact) mass is 302 g/mol. The largest absolute Gasteiger partial charge is 0.507 e. The number of benzene rings is 1. The molecule has 2 aromatic rings. The summed E-state index contributed by atoms with van der Waals surface area (Å²) < 4.78 is 0.665. The average molecular weight is 303 g/mol. The first kappa shape index (κ1) is 12.3. The number of aromatic hydroxyl groups is 1. The molecule has 0 saturated carbocycles. The summed E-state index contributed by atoms with van der Waals surface area (Å²) in [6.07, 6.45) is 1.43. The van der Waals surface area contributed by atoms with Gasteiger partial charge >= 0.3 is 0 Å². The predicted octanol–water partition coefficient (Wildman–Crippen LogP) is 2.65. The molecule has 4 nitrogen and oxygen atoms in total. The van der Waals surface area contributed by atoms with Gasteiger partial charge in [0, 0.05) is 10.7 Å². The van der Waals surface area contributed by atoms with Gasteiger partial charge in [-0.05, 0) is 30.3 Å². The number of hydrogen-bond acceptors (Lipinski definition) is 4. The SMILES string of the molecule is N#Cc1cccnc1C(=O)c1cc(Br)ccc1O. The summed E-state index contributed by atoms with van der Waals surface area (Å²) in [5.41, 5.74) is 0.329. The van der Waals surface area contributed by atoms with Crippen molar-refractivity contribution in [3.05, 3.63) is 57.8 Å². The van der Waals surface area contributed by atoms with Gasteiger partial charge < -0.3 is 5.11 Å². The Labute approximate surface area is 112 Å². The Morgan fingerprint density at radius 2 is 2.17 bits per heavy atom. The lowest BCUT2D eigenvalue weighted by atomic mass is 10.0. The number of aromatic nitrogens is 1. The van der Waals surface area contributed by atoms with E-state index in [2.05, 4.69) is 20.9 Å². The van der Waals surface area contributed by atoms with Gasteiger partial charge in [0.05, 0.1) is 11.1 Å². The molecule has 0 unspecified atom stereocenters. The highest BCUT2D eigenvalue weighted by Gasteiger charge is 2.18. The maximum Gasteiger partial charge on any atom is 0.216 e. The first-order valence-electron chi connectivity index (χ1n) is 5.02. The summed E-state index contributed by atoms with van der Waals surface area (Å²) >= 11 is 3.22. The van der Waals surface area contributed by atoms with E-state index in [0.717, 1.165) is 0 Å². The van der Waals surface area contributed by atoms with Gasteiger partial charge in [-0.25, -0.2) is 0 Å². The number of phenolic OH excluding ortho intramolecular Hbond substituents is 1. The highest BCUT2D eigenvalue weighted by molar-refractivity contribution is 9.10. The van der Waals surface area contributed by atoms with Crippen molar-refractivity contribution in [2.24, 2.45) is 0 Å². The van der Waals surface area contributed by atoms with Crippen LogP contribution in [0.2, 0.25) is 0 Å². The van der Waals surface area contributed by atoms with Crippen molar-refractivity contribution in [3.63, 3.8) is 0 Å². The molecule has 0 atom stereocenters. The van der Waals surface area contributed by atoms with Gasteiger partial charge in [-0.15, -0.1) is 0 Å². The number of phenols is 1. The minimum atomic E-state index is -0.481. The normalized spacial score (nSPS) is 9.78. The van der Waals surface area contributed by atoms with E-state index in [9.17, 15) is 9.90 Å². The zero-order valence-corrected chi connectivity index (χ0v) is 10.7. The van der Waals surface area contributed by atoms with Crippen molar-refractivity contribution in [1.82, 2.24) is 4.98 Å². The molecule has 0 spiro atoms. The van der Waals surface area contributed by atoms with E-state index in [4.69, 9.17) is 5.26 Å². The summed E-state index contributed by atoms with van der Waals surface area (Å²) in [7, 11) is 0. The smallest absolute Gasteiger partial charge is 0.216 e. The maximum absolute atomic E-state index is 12.2. The van der Waals surface area contributed by atoms with Crippen molar-refractivity contribution in [2.45, 2.75) is 0 Å². The molecule has 0 aliphatic carbocycles. The van der Waals surface area contributed by atoms with Gasteiger partial charge in [0.15, 0.2) is 0 Å². The molecule has 0 fully saturated rings. The Morgan fingerprint density at radius 3 is 2.89 bits per heavy atom. The van der Waals surface area contributed by atoms with E-state index in [1.165, 1.54) is 24.4 Å². The van der Waals surface area contributed by atoms with E-state index in [-0.39, 0.29) is 22.6 Å². The van der Waals surface area contributed by atoms with Crippen molar-refractivity contribution in [3.8, 4) is 11.8 Å². The fourth-order valence-corrected chi connectivity index (χ4v) is 1.86. The van der Waals surface area contributed by atoms with E-state index in [1.807, 2.05) is 6.07 Å². The topological polar surface area (TPSA) is 74.0 Å². The second-order valence-electron chi connectivity index (χ2n) is 3.50. The van der Waals surface area contributed by atoms with Crippen molar-refractivity contribution < 1.29 is 9.90 Å². The number of nitrogens with zero attached hydrogens (tertiary/aromatic N) is 2. The van der Waals surface area contributed by atoms with Crippen LogP contribution in [-0.4, -0.2) is 15.9 Å². The maximum atomic E-state index is 12.2. The molecule has 0 bridgehead atoms. The molecule has 1 N–H and O–H groups in total. The molecular formula is C13H7BrN2O2. The zero-order chi connectivity index (χ0) is 13.1. The number of ketones is 1. The molecule has 0 saturated heterocycles. The summed E-state index contributed by atoms with van der Waals surface area (Å²) in [5.74, 6) is -0.622. The first-order chi connectivity index (χ1) is 8.63. The molecular weight excluding hydrogens is 296 g/mol. The van der Waals surface area contributed by atoms with Crippen molar-refractivity contribution >= 4 is 21.7 Å². The Hall–Kier alpha value is -2.19. The zero-order valence-electron chi connectivity index (χ0n) is 9.09. The lowest BCUT2D eigenvalue weighted by Gasteiger charge is -2.05. The molecule has 0 aliphatic rings. The van der Waals surface area contributed by atoms with E-state index >= 15 is 0 Å². The molecule has 2 rings (SSSR count). The van der Waals surface area contributed by atoms with Gasteiger partial charge in [-0.2, -0.15) is 5.26 Å². The number of hydrogen-bond donors (Lipinski definition) is 1. The minimum Gasteiger partial charge on any atom is -0.507 e. The van der Waals surface area contributed by atoms with Crippen LogP contribution in [0.25, 0.3) is 0 Å². The molecule has 18 heavy (non-hydrogen) atoms. The standard InChI is InChI=1S/C13H7BrN2O2/c14-9-3-4-11(17)10(6-9)13(18)12-8(7-15)2-1-5-16-12/h1-6,17H. The van der Waals surface area contributed by atoms with Gasteiger partial charge in [0.1, 0.15) is 17.5 Å². The van der Waals surface area contributed by atoms with Crippen LogP contribution in [0.15, 0.2) is 41.0 Å². The number of nitriles is 1. The van der Waals surface area contributed by atoms with Crippen LogP contribution >= 0.6 is 15.9 Å². The van der Waals surface area contributed by atoms with Crippen LogP contribution in [0, 0.1) is 11.3 Å². The second-order valence-corrected chi connectivity index (χ2v) is 4.42. The average Bonchev–Trinajstić information content (AvgIpc) is 2.40. The number of carbonyl (C=O) groups excluding carboxylic acids is 1. The van der Waals surface area contributed by atoms with Crippen LogP contribution in [0.1, 0.15) is 21.6 Å². The Kier molecular flexibility index (Phi) is 3.40. The van der Waals surface area contributed by atoms with E-state index in [0.29, 0.717) is 4.47 Å². The Morgan fingerprint density at radius 1 is 1.39 bits per heavy atom. The van der Waals surface area contributed by atoms with Crippen molar-refractivity contribution in [1.29, 1.82) is 5.26 Å².